The molecule has 1 unspecified atom stereocenters. The van der Waals surface area contributed by atoms with Gasteiger partial charge in [0.1, 0.15) is 5.82 Å². The normalized spacial score (nSPS) is 16.7. The number of nitriles is 1. The van der Waals surface area contributed by atoms with Gasteiger partial charge in [0.25, 0.3) is 5.56 Å². The van der Waals surface area contributed by atoms with Gasteiger partial charge in [0.15, 0.2) is 0 Å². The Morgan fingerprint density at radius 3 is 2.38 bits per heavy atom. The molecule has 32 heavy (non-hydrogen) atoms. The third-order valence-electron chi connectivity index (χ3n) is 5.89. The van der Waals surface area contributed by atoms with E-state index in [0.717, 1.165) is 0 Å². The van der Waals surface area contributed by atoms with Crippen molar-refractivity contribution in [1.82, 2.24) is 18.8 Å². The Morgan fingerprint density at radius 1 is 1.09 bits per heavy atom. The van der Waals surface area contributed by atoms with E-state index in [9.17, 15) is 13.2 Å². The summed E-state index contributed by atoms with van der Waals surface area (Å²) in [6.07, 6.45) is 0. The van der Waals surface area contributed by atoms with E-state index < -0.39 is 10.0 Å². The summed E-state index contributed by atoms with van der Waals surface area (Å²) in [6, 6.07) is 12.9. The van der Waals surface area contributed by atoms with Crippen LogP contribution in [0.25, 0.3) is 10.9 Å². The highest BCUT2D eigenvalue weighted by molar-refractivity contribution is 7.89. The van der Waals surface area contributed by atoms with Crippen LogP contribution in [0.4, 0.5) is 0 Å². The van der Waals surface area contributed by atoms with E-state index in [1.807, 2.05) is 13.0 Å². The van der Waals surface area contributed by atoms with Crippen molar-refractivity contribution in [3.05, 3.63) is 69.2 Å². The molecule has 1 atom stereocenters. The predicted octanol–water partition coefficient (Wildman–Crippen LogP) is 2.53. The molecule has 1 aliphatic heterocycles. The highest BCUT2D eigenvalue weighted by Crippen LogP contribution is 2.24. The molecule has 0 N–H and O–H groups in total. The first-order chi connectivity index (χ1) is 15.2. The highest BCUT2D eigenvalue weighted by atomic mass is 35.5. The van der Waals surface area contributed by atoms with Crippen molar-refractivity contribution in [2.24, 2.45) is 7.05 Å². The first-order valence-electron chi connectivity index (χ1n) is 10.1. The molecule has 0 amide bonds. The summed E-state index contributed by atoms with van der Waals surface area (Å²) >= 11 is 5.88. The Bertz CT molecular complexity index is 1370. The molecule has 166 valence electrons. The lowest BCUT2D eigenvalue weighted by Crippen LogP contribution is -2.49. The lowest BCUT2D eigenvalue weighted by molar-refractivity contribution is 0.139. The second-order valence-electron chi connectivity index (χ2n) is 7.75. The second-order valence-corrected chi connectivity index (χ2v) is 10.1. The van der Waals surface area contributed by atoms with Crippen LogP contribution in [-0.2, 0) is 17.1 Å². The Morgan fingerprint density at radius 2 is 1.75 bits per heavy atom. The lowest BCUT2D eigenvalue weighted by Gasteiger charge is -2.37. The zero-order valence-corrected chi connectivity index (χ0v) is 19.3. The largest absolute Gasteiger partial charge is 0.298 e. The van der Waals surface area contributed by atoms with Gasteiger partial charge in [0.05, 0.1) is 33.5 Å². The van der Waals surface area contributed by atoms with Gasteiger partial charge in [0, 0.05) is 38.2 Å². The van der Waals surface area contributed by atoms with Crippen molar-refractivity contribution >= 4 is 32.5 Å². The van der Waals surface area contributed by atoms with E-state index in [-0.39, 0.29) is 16.5 Å². The molecule has 0 aliphatic carbocycles. The summed E-state index contributed by atoms with van der Waals surface area (Å²) in [5, 5.41) is 9.99. The Labute approximate surface area is 191 Å². The molecule has 0 spiro atoms. The Kier molecular flexibility index (Phi) is 6.05. The molecule has 1 fully saturated rings. The molecule has 8 nitrogen and oxygen atoms in total. The topological polar surface area (TPSA) is 99.3 Å². The second kappa shape index (κ2) is 8.64. The summed E-state index contributed by atoms with van der Waals surface area (Å²) < 4.78 is 28.8. The quantitative estimate of drug-likeness (QED) is 0.579. The lowest BCUT2D eigenvalue weighted by atomic mass is 10.1. The first-order valence-corrected chi connectivity index (χ1v) is 11.9. The third kappa shape index (κ3) is 4.02. The molecule has 2 aromatic carbocycles. The van der Waals surface area contributed by atoms with Crippen LogP contribution in [0, 0.1) is 11.3 Å². The number of aromatic nitrogens is 2. The van der Waals surface area contributed by atoms with Crippen molar-refractivity contribution in [2.45, 2.75) is 17.9 Å². The summed E-state index contributed by atoms with van der Waals surface area (Å²) in [5.74, 6) is 0.598. The highest BCUT2D eigenvalue weighted by Gasteiger charge is 2.31. The Hall–Kier alpha value is -2.77. The van der Waals surface area contributed by atoms with Crippen LogP contribution in [0.2, 0.25) is 5.02 Å². The SMILES string of the molecule is CC(c1nc2ccc(C#N)cc2c(=O)n1C)N1CCN(S(=O)(=O)c2ccc(Cl)cc2)CC1. The number of rotatable bonds is 4. The minimum atomic E-state index is -3.59. The fraction of sp³-hybridized carbons (Fsp3) is 0.318. The van der Waals surface area contributed by atoms with Crippen LogP contribution in [0.3, 0.4) is 0 Å². The number of hydrogen-bond acceptors (Lipinski definition) is 6. The summed E-state index contributed by atoms with van der Waals surface area (Å²) in [4.78, 5) is 19.9. The number of sulfonamides is 1. The minimum Gasteiger partial charge on any atom is -0.298 e. The summed E-state index contributed by atoms with van der Waals surface area (Å²) in [7, 11) is -1.92. The molecular weight excluding hydrogens is 450 g/mol. The zero-order chi connectivity index (χ0) is 23.0. The van der Waals surface area contributed by atoms with Gasteiger partial charge in [-0.25, -0.2) is 13.4 Å². The molecular formula is C22H22ClN5O3S. The number of nitrogens with zero attached hydrogens (tertiary/aromatic N) is 5. The number of fused-ring (bicyclic) bond motifs is 1. The zero-order valence-electron chi connectivity index (χ0n) is 17.7. The van der Waals surface area contributed by atoms with Crippen molar-refractivity contribution in [3.63, 3.8) is 0 Å². The Balaban J connectivity index is 1.55. The maximum atomic E-state index is 12.9. The summed E-state index contributed by atoms with van der Waals surface area (Å²) in [5.41, 5.74) is 0.742. The molecule has 3 aromatic rings. The average molecular weight is 472 g/mol. The number of benzene rings is 2. The molecule has 2 heterocycles. The van der Waals surface area contributed by atoms with Gasteiger partial charge in [-0.2, -0.15) is 9.57 Å². The molecule has 10 heteroatoms. The van der Waals surface area contributed by atoms with Crippen molar-refractivity contribution in [1.29, 1.82) is 5.26 Å². The van der Waals surface area contributed by atoms with Crippen LogP contribution in [0.15, 0.2) is 52.2 Å². The summed E-state index contributed by atoms with van der Waals surface area (Å²) in [6.45, 7) is 3.65. The van der Waals surface area contributed by atoms with E-state index >= 15 is 0 Å². The molecule has 4 rings (SSSR count). The van der Waals surface area contributed by atoms with Crippen LogP contribution < -0.4 is 5.56 Å². The van der Waals surface area contributed by atoms with Gasteiger partial charge >= 0.3 is 0 Å². The fourth-order valence-electron chi connectivity index (χ4n) is 3.98. The maximum Gasteiger partial charge on any atom is 0.261 e. The van der Waals surface area contributed by atoms with Gasteiger partial charge in [-0.1, -0.05) is 11.6 Å². The smallest absolute Gasteiger partial charge is 0.261 e. The van der Waals surface area contributed by atoms with Crippen LogP contribution in [0.5, 0.6) is 0 Å². The van der Waals surface area contributed by atoms with Crippen molar-refractivity contribution < 1.29 is 8.42 Å². The van der Waals surface area contributed by atoms with Gasteiger partial charge in [0.2, 0.25) is 10.0 Å². The van der Waals surface area contributed by atoms with E-state index in [0.29, 0.717) is 53.5 Å². The fourth-order valence-corrected chi connectivity index (χ4v) is 5.53. The number of hydrogen-bond donors (Lipinski definition) is 0. The molecule has 0 saturated carbocycles. The van der Waals surface area contributed by atoms with E-state index in [2.05, 4.69) is 9.88 Å². The van der Waals surface area contributed by atoms with Gasteiger partial charge in [-0.15, -0.1) is 0 Å². The molecule has 0 radical (unpaired) electrons. The van der Waals surface area contributed by atoms with Crippen LogP contribution in [-0.4, -0.2) is 53.4 Å². The van der Waals surface area contributed by atoms with Gasteiger partial charge in [-0.3, -0.25) is 14.3 Å². The van der Waals surface area contributed by atoms with E-state index in [4.69, 9.17) is 16.9 Å². The number of piperazine rings is 1. The molecule has 1 aromatic heterocycles. The molecule has 0 bridgehead atoms. The maximum absolute atomic E-state index is 12.9. The van der Waals surface area contributed by atoms with Gasteiger partial charge < -0.3 is 0 Å². The molecule has 1 aliphatic rings. The molecule has 1 saturated heterocycles. The predicted molar refractivity (Wildman–Crippen MR) is 122 cm³/mol. The van der Waals surface area contributed by atoms with Crippen LogP contribution in [0.1, 0.15) is 24.4 Å². The number of halogens is 1. The monoisotopic (exact) mass is 471 g/mol. The van der Waals surface area contributed by atoms with Gasteiger partial charge in [-0.05, 0) is 49.4 Å². The van der Waals surface area contributed by atoms with Crippen LogP contribution >= 0.6 is 11.6 Å². The standard InChI is InChI=1S/C22H22ClN5O3S/c1-15(21-25-20-8-3-16(14-24)13-19(20)22(29)26(21)2)27-9-11-28(12-10-27)32(30,31)18-6-4-17(23)5-7-18/h3-8,13,15H,9-12H2,1-2H3. The average Bonchev–Trinajstić information content (AvgIpc) is 2.81. The van der Waals surface area contributed by atoms with E-state index in [1.54, 1.807) is 37.4 Å². The third-order valence-corrected chi connectivity index (χ3v) is 8.05. The van der Waals surface area contributed by atoms with Crippen molar-refractivity contribution in [3.8, 4) is 6.07 Å². The first kappa shape index (κ1) is 22.4. The van der Waals surface area contributed by atoms with Crippen molar-refractivity contribution in [2.75, 3.05) is 26.2 Å². The minimum absolute atomic E-state index is 0.187. The van der Waals surface area contributed by atoms with E-state index in [1.165, 1.54) is 21.0 Å².